The Morgan fingerprint density at radius 3 is 2.28 bits per heavy atom. The number of aliphatic hydroxyl groups is 1. The van der Waals surface area contributed by atoms with E-state index in [2.05, 4.69) is 44.7 Å². The van der Waals surface area contributed by atoms with Crippen molar-refractivity contribution in [1.82, 2.24) is 0 Å². The Morgan fingerprint density at radius 1 is 1.28 bits per heavy atom. The maximum absolute atomic E-state index is 10.4. The van der Waals surface area contributed by atoms with Crippen molar-refractivity contribution < 1.29 is 22.2 Å². The summed E-state index contributed by atoms with van der Waals surface area (Å²) in [6, 6.07) is 0. The van der Waals surface area contributed by atoms with Gasteiger partial charge in [0.25, 0.3) is 0 Å². The summed E-state index contributed by atoms with van der Waals surface area (Å²) in [5, 5.41) is 10.4. The summed E-state index contributed by atoms with van der Waals surface area (Å²) in [7, 11) is 0. The van der Waals surface area contributed by atoms with Gasteiger partial charge in [-0.3, -0.25) is 3.07 Å². The van der Waals surface area contributed by atoms with Gasteiger partial charge in [-0.05, 0) is 20.6 Å². The van der Waals surface area contributed by atoms with Gasteiger partial charge >= 0.3 is 9.54 Å². The molecule has 1 aliphatic rings. The van der Waals surface area contributed by atoms with Gasteiger partial charge in [-0.2, -0.15) is 0 Å². The predicted octanol–water partition coefficient (Wildman–Crippen LogP) is 2.34. The van der Waals surface area contributed by atoms with Gasteiger partial charge in [-0.25, -0.2) is 0 Å². The molecule has 1 rings (SSSR count). The lowest BCUT2D eigenvalue weighted by Gasteiger charge is -2.45. The van der Waals surface area contributed by atoms with E-state index in [1.54, 1.807) is 29.9 Å². The molecule has 4 atom stereocenters. The standard InChI is InChI=1S/C8H15B2I3O5/c1-8(18-13)7(17-10(3)12)6(14)5(4-15-8)16-9(2)11/h5-7,14H,4H2,1-3H3. The topological polar surface area (TPSA) is 57.2 Å². The first-order chi connectivity index (χ1) is 8.30. The van der Waals surface area contributed by atoms with E-state index in [0.29, 0.717) is 0 Å². The van der Waals surface area contributed by atoms with Gasteiger partial charge < -0.3 is 19.2 Å². The van der Waals surface area contributed by atoms with Crippen LogP contribution in [0.1, 0.15) is 6.92 Å². The average molecular weight is 594 g/mol. The first-order valence-corrected chi connectivity index (χ1v) is 8.88. The van der Waals surface area contributed by atoms with E-state index in [9.17, 15) is 5.11 Å². The largest absolute Gasteiger partial charge is 0.418 e. The third-order valence-electron chi connectivity index (χ3n) is 2.59. The van der Waals surface area contributed by atoms with Crippen LogP contribution in [-0.4, -0.2) is 45.4 Å². The zero-order valence-electron chi connectivity index (χ0n) is 10.3. The SMILES string of the molecule is CB(I)OC1COC(C)(OI)C(OB(C)I)C1O. The van der Waals surface area contributed by atoms with Crippen LogP contribution in [-0.2, 0) is 17.1 Å². The molecule has 1 N–H and O–H groups in total. The smallest absolute Gasteiger partial charge is 0.362 e. The summed E-state index contributed by atoms with van der Waals surface area (Å²) in [5.41, 5.74) is 0. The minimum Gasteiger partial charge on any atom is -0.418 e. The second-order valence-electron chi connectivity index (χ2n) is 4.21. The summed E-state index contributed by atoms with van der Waals surface area (Å²) in [6.07, 6.45) is -1.78. The molecule has 1 heterocycles. The number of aliphatic hydroxyl groups excluding tert-OH is 1. The summed E-state index contributed by atoms with van der Waals surface area (Å²) in [5.74, 6) is -0.965. The Hall–Kier alpha value is 2.12. The summed E-state index contributed by atoms with van der Waals surface area (Å²) < 4.78 is 22.3. The normalized spacial score (nSPS) is 36.5. The molecular weight excluding hydrogens is 578 g/mol. The lowest BCUT2D eigenvalue weighted by Crippen LogP contribution is -2.62. The Kier molecular flexibility index (Phi) is 8.01. The zero-order chi connectivity index (χ0) is 13.9. The molecule has 0 radical (unpaired) electrons. The Labute approximate surface area is 149 Å². The van der Waals surface area contributed by atoms with E-state index in [1.165, 1.54) is 0 Å². The number of ether oxygens (including phenoxy) is 1. The van der Waals surface area contributed by atoms with Gasteiger partial charge in [0.05, 0.1) is 12.7 Å². The third kappa shape index (κ3) is 4.84. The highest BCUT2D eigenvalue weighted by Gasteiger charge is 2.50. The molecule has 5 nitrogen and oxygen atoms in total. The van der Waals surface area contributed by atoms with Crippen LogP contribution in [0, 0.1) is 0 Å². The van der Waals surface area contributed by atoms with Crippen molar-refractivity contribution in [3.8, 4) is 0 Å². The van der Waals surface area contributed by atoms with Crippen LogP contribution in [0.5, 0.6) is 0 Å². The van der Waals surface area contributed by atoms with E-state index >= 15 is 0 Å². The first kappa shape index (κ1) is 18.2. The molecule has 1 saturated heterocycles. The van der Waals surface area contributed by atoms with Crippen molar-refractivity contribution in [2.75, 3.05) is 6.61 Å². The molecule has 0 aromatic carbocycles. The molecule has 0 aromatic rings. The highest BCUT2D eigenvalue weighted by atomic mass is 127. The molecule has 18 heavy (non-hydrogen) atoms. The van der Waals surface area contributed by atoms with Crippen LogP contribution in [0.25, 0.3) is 0 Å². The van der Waals surface area contributed by atoms with Crippen LogP contribution >= 0.6 is 67.8 Å². The summed E-state index contributed by atoms with van der Waals surface area (Å²) >= 11 is 6.04. The van der Waals surface area contributed by atoms with Crippen molar-refractivity contribution >= 4 is 77.3 Å². The van der Waals surface area contributed by atoms with Gasteiger partial charge in [0.15, 0.2) is 0 Å². The minimum absolute atomic E-state index is 0.00611. The number of hydrogen-bond acceptors (Lipinski definition) is 5. The van der Waals surface area contributed by atoms with Crippen LogP contribution in [0.4, 0.5) is 0 Å². The van der Waals surface area contributed by atoms with Crippen LogP contribution in [0.2, 0.25) is 13.6 Å². The fraction of sp³-hybridized carbons (Fsp3) is 1.00. The van der Waals surface area contributed by atoms with Crippen LogP contribution < -0.4 is 0 Å². The molecule has 104 valence electrons. The Bertz CT molecular complexity index is 273. The molecule has 1 fully saturated rings. The fourth-order valence-corrected chi connectivity index (χ4v) is 2.84. The monoisotopic (exact) mass is 594 g/mol. The second kappa shape index (κ2) is 7.94. The number of halogens is 3. The summed E-state index contributed by atoms with van der Waals surface area (Å²) in [6.45, 7) is 5.85. The van der Waals surface area contributed by atoms with Gasteiger partial charge in [-0.1, -0.05) is 0 Å². The van der Waals surface area contributed by atoms with Crippen LogP contribution in [0.3, 0.4) is 0 Å². The van der Waals surface area contributed by atoms with E-state index < -0.39 is 24.1 Å². The fourth-order valence-electron chi connectivity index (χ4n) is 1.77. The van der Waals surface area contributed by atoms with E-state index in [-0.39, 0.29) is 16.2 Å². The lowest BCUT2D eigenvalue weighted by atomic mass is 9.93. The van der Waals surface area contributed by atoms with Crippen molar-refractivity contribution in [3.05, 3.63) is 0 Å². The quantitative estimate of drug-likeness (QED) is 0.392. The molecule has 0 saturated carbocycles. The number of hydrogen-bond donors (Lipinski definition) is 1. The zero-order valence-corrected chi connectivity index (χ0v) is 16.8. The molecule has 1 aliphatic heterocycles. The molecule has 10 heteroatoms. The molecule has 0 spiro atoms. The summed E-state index contributed by atoms with van der Waals surface area (Å²) in [4.78, 5) is 0. The first-order valence-electron chi connectivity index (χ1n) is 5.51. The highest BCUT2D eigenvalue weighted by molar-refractivity contribution is 14.1. The molecule has 4 unspecified atom stereocenters. The lowest BCUT2D eigenvalue weighted by molar-refractivity contribution is -0.278. The Morgan fingerprint density at radius 2 is 1.83 bits per heavy atom. The van der Waals surface area contributed by atoms with Crippen LogP contribution in [0.15, 0.2) is 0 Å². The van der Waals surface area contributed by atoms with Gasteiger partial charge in [0.2, 0.25) is 5.79 Å². The maximum atomic E-state index is 10.4. The molecular formula is C8H15B2I3O5. The minimum atomic E-state index is -0.965. The van der Waals surface area contributed by atoms with Gasteiger partial charge in [-0.15, -0.1) is 44.7 Å². The van der Waals surface area contributed by atoms with Crippen molar-refractivity contribution in [2.45, 2.75) is 44.7 Å². The van der Waals surface area contributed by atoms with Crippen molar-refractivity contribution in [2.24, 2.45) is 0 Å². The molecule has 0 aliphatic carbocycles. The predicted molar refractivity (Wildman–Crippen MR) is 96.5 cm³/mol. The van der Waals surface area contributed by atoms with Crippen molar-refractivity contribution in [3.63, 3.8) is 0 Å². The third-order valence-corrected chi connectivity index (χ3v) is 4.05. The number of rotatable bonds is 5. The second-order valence-corrected chi connectivity index (χ2v) is 8.16. The Balaban J connectivity index is 2.80. The van der Waals surface area contributed by atoms with Gasteiger partial charge in [0.1, 0.15) is 35.2 Å². The van der Waals surface area contributed by atoms with E-state index in [4.69, 9.17) is 17.1 Å². The molecule has 0 aromatic heterocycles. The molecule has 0 amide bonds. The van der Waals surface area contributed by atoms with Gasteiger partial charge in [0, 0.05) is 0 Å². The highest BCUT2D eigenvalue weighted by Crippen LogP contribution is 2.33. The average Bonchev–Trinajstić information content (AvgIpc) is 2.28. The van der Waals surface area contributed by atoms with Crippen molar-refractivity contribution in [1.29, 1.82) is 0 Å². The molecule has 0 bridgehead atoms. The van der Waals surface area contributed by atoms with E-state index in [0.717, 1.165) is 0 Å². The van der Waals surface area contributed by atoms with E-state index in [1.807, 2.05) is 13.6 Å². The maximum Gasteiger partial charge on any atom is 0.362 e.